The topological polar surface area (TPSA) is 21.3 Å². The van der Waals surface area contributed by atoms with Crippen molar-refractivity contribution in [3.63, 3.8) is 0 Å². The first kappa shape index (κ1) is 13.4. The average Bonchev–Trinajstić information content (AvgIpc) is 2.38. The highest BCUT2D eigenvalue weighted by molar-refractivity contribution is 5.17. The summed E-state index contributed by atoms with van der Waals surface area (Å²) in [4.78, 5) is 0. The number of ether oxygens (including phenoxy) is 1. The number of benzene rings is 1. The lowest BCUT2D eigenvalue weighted by Crippen LogP contribution is -2.34. The SMILES string of the molecule is Fc1ccc(COCC[C@H]2CCCCN2)c(F)c1. The van der Waals surface area contributed by atoms with Gasteiger partial charge in [0.15, 0.2) is 0 Å². The first-order chi connectivity index (χ1) is 8.75. The molecule has 1 atom stereocenters. The van der Waals surface area contributed by atoms with Crippen molar-refractivity contribution in [1.82, 2.24) is 5.32 Å². The standard InChI is InChI=1S/C14H19F2NO/c15-12-5-4-11(14(16)9-12)10-18-8-6-13-3-1-2-7-17-13/h4-5,9,13,17H,1-3,6-8,10H2/t13-/m1/s1. The minimum atomic E-state index is -0.553. The minimum absolute atomic E-state index is 0.207. The van der Waals surface area contributed by atoms with E-state index in [-0.39, 0.29) is 6.61 Å². The first-order valence-electron chi connectivity index (χ1n) is 6.51. The zero-order valence-electron chi connectivity index (χ0n) is 10.4. The summed E-state index contributed by atoms with van der Waals surface area (Å²) in [6, 6.07) is 4.10. The molecule has 1 aliphatic rings. The van der Waals surface area contributed by atoms with Gasteiger partial charge in [0, 0.05) is 24.3 Å². The molecule has 2 rings (SSSR count). The molecule has 1 aromatic rings. The van der Waals surface area contributed by atoms with Crippen LogP contribution in [0.1, 0.15) is 31.2 Å². The summed E-state index contributed by atoms with van der Waals surface area (Å²) in [5, 5.41) is 3.43. The molecule has 0 bridgehead atoms. The molecule has 0 spiro atoms. The summed E-state index contributed by atoms with van der Waals surface area (Å²) in [6.07, 6.45) is 4.65. The highest BCUT2D eigenvalue weighted by Crippen LogP contribution is 2.12. The van der Waals surface area contributed by atoms with Crippen molar-refractivity contribution in [2.24, 2.45) is 0 Å². The summed E-state index contributed by atoms with van der Waals surface area (Å²) < 4.78 is 31.4. The summed E-state index contributed by atoms with van der Waals surface area (Å²) in [5.41, 5.74) is 0.410. The van der Waals surface area contributed by atoms with Crippen molar-refractivity contribution in [2.75, 3.05) is 13.2 Å². The van der Waals surface area contributed by atoms with Crippen molar-refractivity contribution in [3.05, 3.63) is 35.4 Å². The molecule has 0 saturated carbocycles. The number of halogens is 2. The molecule has 0 radical (unpaired) electrons. The summed E-state index contributed by atoms with van der Waals surface area (Å²) in [5.74, 6) is -1.09. The number of hydrogen-bond donors (Lipinski definition) is 1. The molecule has 0 aliphatic carbocycles. The Morgan fingerprint density at radius 2 is 2.17 bits per heavy atom. The van der Waals surface area contributed by atoms with Crippen LogP contribution in [-0.4, -0.2) is 19.2 Å². The van der Waals surface area contributed by atoms with Gasteiger partial charge in [0.05, 0.1) is 6.61 Å². The molecule has 1 aromatic carbocycles. The van der Waals surface area contributed by atoms with E-state index in [1.54, 1.807) is 0 Å². The second kappa shape index (κ2) is 6.81. The van der Waals surface area contributed by atoms with E-state index in [1.807, 2.05) is 0 Å². The van der Waals surface area contributed by atoms with Gasteiger partial charge in [0.2, 0.25) is 0 Å². The molecule has 1 aliphatic heterocycles. The van der Waals surface area contributed by atoms with Gasteiger partial charge in [-0.25, -0.2) is 8.78 Å². The van der Waals surface area contributed by atoms with Gasteiger partial charge in [-0.1, -0.05) is 12.5 Å². The van der Waals surface area contributed by atoms with E-state index >= 15 is 0 Å². The molecule has 2 nitrogen and oxygen atoms in total. The van der Waals surface area contributed by atoms with E-state index in [0.29, 0.717) is 18.2 Å². The van der Waals surface area contributed by atoms with Crippen molar-refractivity contribution in [3.8, 4) is 0 Å². The Morgan fingerprint density at radius 1 is 1.28 bits per heavy atom. The highest BCUT2D eigenvalue weighted by Gasteiger charge is 2.12. The van der Waals surface area contributed by atoms with E-state index < -0.39 is 11.6 Å². The van der Waals surface area contributed by atoms with E-state index in [9.17, 15) is 8.78 Å². The van der Waals surface area contributed by atoms with E-state index in [1.165, 1.54) is 31.4 Å². The van der Waals surface area contributed by atoms with Crippen molar-refractivity contribution >= 4 is 0 Å². The van der Waals surface area contributed by atoms with Gasteiger partial charge in [0.25, 0.3) is 0 Å². The van der Waals surface area contributed by atoms with Crippen LogP contribution in [0.3, 0.4) is 0 Å². The number of hydrogen-bond acceptors (Lipinski definition) is 2. The molecule has 0 aromatic heterocycles. The lowest BCUT2D eigenvalue weighted by atomic mass is 10.0. The van der Waals surface area contributed by atoms with Crippen LogP contribution in [0.15, 0.2) is 18.2 Å². The predicted molar refractivity (Wildman–Crippen MR) is 66.3 cm³/mol. The van der Waals surface area contributed by atoms with Crippen LogP contribution >= 0.6 is 0 Å². The third kappa shape index (κ3) is 4.03. The van der Waals surface area contributed by atoms with Crippen LogP contribution in [0, 0.1) is 11.6 Å². The van der Waals surface area contributed by atoms with Gasteiger partial charge in [-0.2, -0.15) is 0 Å². The van der Waals surface area contributed by atoms with Gasteiger partial charge in [-0.3, -0.25) is 0 Å². The molecule has 4 heteroatoms. The molecule has 1 saturated heterocycles. The molecule has 0 amide bonds. The molecular weight excluding hydrogens is 236 g/mol. The molecule has 1 fully saturated rings. The van der Waals surface area contributed by atoms with Crippen LogP contribution in [0.25, 0.3) is 0 Å². The Balaban J connectivity index is 1.68. The minimum Gasteiger partial charge on any atom is -0.377 e. The fourth-order valence-corrected chi connectivity index (χ4v) is 2.22. The van der Waals surface area contributed by atoms with Crippen LogP contribution in [0.5, 0.6) is 0 Å². The van der Waals surface area contributed by atoms with Crippen LogP contribution in [0.4, 0.5) is 8.78 Å². The highest BCUT2D eigenvalue weighted by atomic mass is 19.1. The van der Waals surface area contributed by atoms with E-state index in [2.05, 4.69) is 5.32 Å². The largest absolute Gasteiger partial charge is 0.377 e. The molecule has 0 unspecified atom stereocenters. The zero-order valence-corrected chi connectivity index (χ0v) is 10.4. The van der Waals surface area contributed by atoms with Crippen LogP contribution < -0.4 is 5.32 Å². The van der Waals surface area contributed by atoms with E-state index in [0.717, 1.165) is 19.0 Å². The Kier molecular flexibility index (Phi) is 5.08. The van der Waals surface area contributed by atoms with Crippen LogP contribution in [0.2, 0.25) is 0 Å². The maximum absolute atomic E-state index is 13.3. The average molecular weight is 255 g/mol. The number of piperidine rings is 1. The van der Waals surface area contributed by atoms with Gasteiger partial charge in [-0.15, -0.1) is 0 Å². The normalized spacial score (nSPS) is 20.0. The molecule has 1 heterocycles. The van der Waals surface area contributed by atoms with Gasteiger partial charge in [-0.05, 0) is 31.9 Å². The molecule has 1 N–H and O–H groups in total. The van der Waals surface area contributed by atoms with Gasteiger partial charge < -0.3 is 10.1 Å². The first-order valence-corrected chi connectivity index (χ1v) is 6.51. The number of nitrogens with one attached hydrogen (secondary N) is 1. The zero-order chi connectivity index (χ0) is 12.8. The third-order valence-electron chi connectivity index (χ3n) is 3.30. The Labute approximate surface area is 106 Å². The second-order valence-corrected chi connectivity index (χ2v) is 4.72. The Bertz CT molecular complexity index is 378. The summed E-state index contributed by atoms with van der Waals surface area (Å²) >= 11 is 0. The fourth-order valence-electron chi connectivity index (χ4n) is 2.22. The third-order valence-corrected chi connectivity index (χ3v) is 3.30. The van der Waals surface area contributed by atoms with Crippen molar-refractivity contribution < 1.29 is 13.5 Å². The Hall–Kier alpha value is -1.00. The summed E-state index contributed by atoms with van der Waals surface area (Å²) in [7, 11) is 0. The summed E-state index contributed by atoms with van der Waals surface area (Å²) in [6.45, 7) is 1.89. The lowest BCUT2D eigenvalue weighted by Gasteiger charge is -2.23. The van der Waals surface area contributed by atoms with Crippen molar-refractivity contribution in [1.29, 1.82) is 0 Å². The van der Waals surface area contributed by atoms with E-state index in [4.69, 9.17) is 4.74 Å². The fraction of sp³-hybridized carbons (Fsp3) is 0.571. The predicted octanol–water partition coefficient (Wildman–Crippen LogP) is 3.01. The molecule has 100 valence electrons. The Morgan fingerprint density at radius 3 is 2.89 bits per heavy atom. The molecular formula is C14H19F2NO. The monoisotopic (exact) mass is 255 g/mol. The van der Waals surface area contributed by atoms with Gasteiger partial charge in [0.1, 0.15) is 11.6 Å². The van der Waals surface area contributed by atoms with Gasteiger partial charge >= 0.3 is 0 Å². The smallest absolute Gasteiger partial charge is 0.131 e. The second-order valence-electron chi connectivity index (χ2n) is 4.72. The number of rotatable bonds is 5. The van der Waals surface area contributed by atoms with Crippen molar-refractivity contribution in [2.45, 2.75) is 38.3 Å². The maximum atomic E-state index is 13.3. The quantitative estimate of drug-likeness (QED) is 0.817. The lowest BCUT2D eigenvalue weighted by molar-refractivity contribution is 0.106. The molecule has 18 heavy (non-hydrogen) atoms. The van der Waals surface area contributed by atoms with Crippen LogP contribution in [-0.2, 0) is 11.3 Å². The maximum Gasteiger partial charge on any atom is 0.131 e.